The molecular weight excluding hydrogens is 344 g/mol. The SMILES string of the molecule is CCc1ccc(O[C@@H]2c3ccccc3C[C@H]2N2CCC(N)C2)c(C(C)(C)C)c1. The molecule has 0 radical (unpaired) electrons. The van der Waals surface area contributed by atoms with Gasteiger partial charge in [0, 0.05) is 19.1 Å². The van der Waals surface area contributed by atoms with Gasteiger partial charge < -0.3 is 10.5 Å². The van der Waals surface area contributed by atoms with Crippen LogP contribution in [-0.4, -0.2) is 30.1 Å². The molecule has 3 nitrogen and oxygen atoms in total. The predicted molar refractivity (Wildman–Crippen MR) is 116 cm³/mol. The van der Waals surface area contributed by atoms with Gasteiger partial charge in [0.05, 0.1) is 6.04 Å². The van der Waals surface area contributed by atoms with Gasteiger partial charge in [-0.05, 0) is 53.0 Å². The van der Waals surface area contributed by atoms with Crippen LogP contribution in [0.3, 0.4) is 0 Å². The molecule has 1 saturated heterocycles. The van der Waals surface area contributed by atoms with E-state index in [1.54, 1.807) is 0 Å². The lowest BCUT2D eigenvalue weighted by Crippen LogP contribution is -2.40. The first-order chi connectivity index (χ1) is 13.4. The average Bonchev–Trinajstić information content (AvgIpc) is 3.25. The fraction of sp³-hybridized carbons (Fsp3) is 0.520. The van der Waals surface area contributed by atoms with Crippen LogP contribution in [-0.2, 0) is 18.3 Å². The molecule has 0 saturated carbocycles. The lowest BCUT2D eigenvalue weighted by molar-refractivity contribution is 0.0916. The van der Waals surface area contributed by atoms with Crippen molar-refractivity contribution in [3.8, 4) is 5.75 Å². The number of benzene rings is 2. The van der Waals surface area contributed by atoms with Gasteiger partial charge in [0.25, 0.3) is 0 Å². The lowest BCUT2D eigenvalue weighted by Gasteiger charge is -2.32. The molecule has 2 aromatic rings. The summed E-state index contributed by atoms with van der Waals surface area (Å²) in [5.74, 6) is 1.03. The van der Waals surface area contributed by atoms with Crippen LogP contribution in [0, 0.1) is 0 Å². The highest BCUT2D eigenvalue weighted by Crippen LogP contribution is 2.41. The molecule has 0 aromatic heterocycles. The Balaban J connectivity index is 1.70. The molecule has 0 spiro atoms. The van der Waals surface area contributed by atoms with Gasteiger partial charge in [-0.3, -0.25) is 4.90 Å². The molecule has 2 aromatic carbocycles. The lowest BCUT2D eigenvalue weighted by atomic mass is 9.85. The maximum Gasteiger partial charge on any atom is 0.140 e. The maximum atomic E-state index is 6.84. The third-order valence-electron chi connectivity index (χ3n) is 6.38. The molecule has 0 bridgehead atoms. The number of hydrogen-bond acceptors (Lipinski definition) is 3. The summed E-state index contributed by atoms with van der Waals surface area (Å²) in [4.78, 5) is 2.55. The van der Waals surface area contributed by atoms with Gasteiger partial charge in [-0.1, -0.05) is 64.1 Å². The number of nitrogens with two attached hydrogens (primary N) is 1. The van der Waals surface area contributed by atoms with E-state index in [-0.39, 0.29) is 11.5 Å². The van der Waals surface area contributed by atoms with E-state index in [2.05, 4.69) is 75.1 Å². The smallest absolute Gasteiger partial charge is 0.140 e. The Kier molecular flexibility index (Phi) is 5.24. The Labute approximate surface area is 169 Å². The van der Waals surface area contributed by atoms with E-state index in [1.165, 1.54) is 22.3 Å². The van der Waals surface area contributed by atoms with Gasteiger partial charge >= 0.3 is 0 Å². The zero-order valence-corrected chi connectivity index (χ0v) is 17.7. The van der Waals surface area contributed by atoms with Crippen LogP contribution in [0.15, 0.2) is 42.5 Å². The maximum absolute atomic E-state index is 6.84. The van der Waals surface area contributed by atoms with Crippen molar-refractivity contribution in [3.05, 3.63) is 64.7 Å². The normalized spacial score (nSPS) is 25.1. The highest BCUT2D eigenvalue weighted by Gasteiger charge is 2.40. The summed E-state index contributed by atoms with van der Waals surface area (Å²) in [7, 11) is 0. The molecule has 2 N–H and O–H groups in total. The number of rotatable bonds is 4. The number of hydrogen-bond donors (Lipinski definition) is 1. The van der Waals surface area contributed by atoms with E-state index < -0.39 is 0 Å². The molecule has 1 heterocycles. The molecule has 1 aliphatic carbocycles. The Morgan fingerprint density at radius 2 is 1.93 bits per heavy atom. The van der Waals surface area contributed by atoms with E-state index in [0.717, 1.165) is 38.1 Å². The highest BCUT2D eigenvalue weighted by molar-refractivity contribution is 5.44. The Morgan fingerprint density at radius 1 is 1.14 bits per heavy atom. The Hall–Kier alpha value is -1.84. The van der Waals surface area contributed by atoms with E-state index >= 15 is 0 Å². The van der Waals surface area contributed by atoms with E-state index in [0.29, 0.717) is 12.1 Å². The monoisotopic (exact) mass is 378 g/mol. The third kappa shape index (κ3) is 3.70. The van der Waals surface area contributed by atoms with Crippen LogP contribution < -0.4 is 10.5 Å². The van der Waals surface area contributed by atoms with E-state index in [4.69, 9.17) is 10.5 Å². The largest absolute Gasteiger partial charge is 0.484 e. The number of aryl methyl sites for hydroxylation is 1. The van der Waals surface area contributed by atoms with Gasteiger partial charge in [-0.25, -0.2) is 0 Å². The highest BCUT2D eigenvalue weighted by atomic mass is 16.5. The summed E-state index contributed by atoms with van der Waals surface area (Å²) in [6.07, 6.45) is 3.24. The average molecular weight is 379 g/mol. The predicted octanol–water partition coefficient (Wildman–Crippen LogP) is 4.62. The zero-order chi connectivity index (χ0) is 19.9. The molecule has 0 amide bonds. The van der Waals surface area contributed by atoms with E-state index in [1.807, 2.05) is 0 Å². The first-order valence-electron chi connectivity index (χ1n) is 10.7. The van der Waals surface area contributed by atoms with Crippen LogP contribution in [0.2, 0.25) is 0 Å². The van der Waals surface area contributed by atoms with Crippen molar-refractivity contribution >= 4 is 0 Å². The molecule has 28 heavy (non-hydrogen) atoms. The van der Waals surface area contributed by atoms with Crippen molar-refractivity contribution < 1.29 is 4.74 Å². The van der Waals surface area contributed by atoms with Crippen LogP contribution in [0.5, 0.6) is 5.75 Å². The summed E-state index contributed by atoms with van der Waals surface area (Å²) < 4.78 is 6.84. The first-order valence-corrected chi connectivity index (χ1v) is 10.7. The Morgan fingerprint density at radius 3 is 2.61 bits per heavy atom. The number of likely N-dealkylation sites (tertiary alicyclic amines) is 1. The molecular formula is C25H34N2O. The number of fused-ring (bicyclic) bond motifs is 1. The minimum Gasteiger partial charge on any atom is -0.484 e. The summed E-state index contributed by atoms with van der Waals surface area (Å²) in [6.45, 7) is 11.1. The molecule has 3 heteroatoms. The van der Waals surface area contributed by atoms with Gasteiger partial charge in [-0.2, -0.15) is 0 Å². The van der Waals surface area contributed by atoms with Gasteiger partial charge in [0.15, 0.2) is 0 Å². The summed E-state index contributed by atoms with van der Waals surface area (Å²) in [5.41, 5.74) is 11.7. The summed E-state index contributed by atoms with van der Waals surface area (Å²) >= 11 is 0. The second-order valence-electron chi connectivity index (χ2n) is 9.49. The van der Waals surface area contributed by atoms with Crippen molar-refractivity contribution in [2.75, 3.05) is 13.1 Å². The quantitative estimate of drug-likeness (QED) is 0.843. The second-order valence-corrected chi connectivity index (χ2v) is 9.49. The minimum atomic E-state index is 0.0458. The van der Waals surface area contributed by atoms with Crippen molar-refractivity contribution in [2.24, 2.45) is 5.73 Å². The van der Waals surface area contributed by atoms with E-state index in [9.17, 15) is 0 Å². The molecule has 1 aliphatic heterocycles. The van der Waals surface area contributed by atoms with Crippen molar-refractivity contribution in [1.29, 1.82) is 0 Å². The topological polar surface area (TPSA) is 38.5 Å². The molecule has 1 unspecified atom stereocenters. The first kappa shape index (κ1) is 19.5. The molecule has 1 fully saturated rings. The van der Waals surface area contributed by atoms with Crippen molar-refractivity contribution in [2.45, 2.75) is 70.6 Å². The van der Waals surface area contributed by atoms with Crippen LogP contribution in [0.25, 0.3) is 0 Å². The van der Waals surface area contributed by atoms with Crippen molar-refractivity contribution in [1.82, 2.24) is 4.90 Å². The molecule has 2 aliphatic rings. The van der Waals surface area contributed by atoms with Gasteiger partial charge in [0.2, 0.25) is 0 Å². The second kappa shape index (κ2) is 7.53. The van der Waals surface area contributed by atoms with Crippen LogP contribution >= 0.6 is 0 Å². The Bertz CT molecular complexity index is 839. The third-order valence-corrected chi connectivity index (χ3v) is 6.38. The van der Waals surface area contributed by atoms with Crippen molar-refractivity contribution in [3.63, 3.8) is 0 Å². The van der Waals surface area contributed by atoms with Gasteiger partial charge in [-0.15, -0.1) is 0 Å². The molecule has 150 valence electrons. The van der Waals surface area contributed by atoms with Crippen LogP contribution in [0.1, 0.15) is 62.5 Å². The van der Waals surface area contributed by atoms with Gasteiger partial charge in [0.1, 0.15) is 11.9 Å². The summed E-state index contributed by atoms with van der Waals surface area (Å²) in [6, 6.07) is 16.2. The zero-order valence-electron chi connectivity index (χ0n) is 17.7. The summed E-state index contributed by atoms with van der Waals surface area (Å²) in [5, 5.41) is 0. The fourth-order valence-electron chi connectivity index (χ4n) is 4.74. The number of ether oxygens (including phenoxy) is 1. The minimum absolute atomic E-state index is 0.0458. The fourth-order valence-corrected chi connectivity index (χ4v) is 4.74. The van der Waals surface area contributed by atoms with Crippen LogP contribution in [0.4, 0.5) is 0 Å². The molecule has 3 atom stereocenters. The number of nitrogens with zero attached hydrogens (tertiary/aromatic N) is 1. The standard InChI is InChI=1S/C25H34N2O/c1-5-17-10-11-23(21(14-17)25(2,3)4)28-24-20-9-7-6-8-18(20)15-22(24)27-13-12-19(26)16-27/h6-11,14,19,22,24H,5,12-13,15-16,26H2,1-4H3/t19?,22-,24-/m1/s1. The molecule has 4 rings (SSSR count).